The number of halogens is 1. The third kappa shape index (κ3) is 7.37. The third-order valence-electron chi connectivity index (χ3n) is 8.46. The molecule has 0 aliphatic carbocycles. The lowest BCUT2D eigenvalue weighted by Gasteiger charge is -2.41. The molecular formula is C31H42ClN3O9. The highest BCUT2D eigenvalue weighted by molar-refractivity contribution is 6.35. The number of likely N-dealkylation sites (N-methyl/N-ethyl adjacent to an activating group) is 1. The maximum Gasteiger partial charge on any atom is 0.409 e. The summed E-state index contributed by atoms with van der Waals surface area (Å²) >= 11 is 6.67. The second kappa shape index (κ2) is 13.9. The Morgan fingerprint density at radius 3 is 2.66 bits per heavy atom. The quantitative estimate of drug-likeness (QED) is 0.326. The second-order valence-corrected chi connectivity index (χ2v) is 12.0. The van der Waals surface area contributed by atoms with Gasteiger partial charge in [0.05, 0.1) is 25.3 Å². The standard InChI is InChI=1S/C31H42ClN3O9/c1-16-9-8-10-24(41-7)31(39)15-23(43-30(38)34-31)17(2)27-28(44-27)22(42-29(37)18(3)33-4)14-25(36)35(5)20-12-19(11-16)13-21(40-6)26(20)32/h8-10,12-13,17-18,22-24,27-28,33,39H,11,14-15H2,1-7H3,(H,34,38)/b10-8+,16-9+/t17-,18+,22+,23+,24-,27+,28+,31+/m1/s1. The fraction of sp³-hybridized carbons (Fsp3) is 0.581. The molecule has 1 aromatic rings. The smallest absolute Gasteiger partial charge is 0.409 e. The van der Waals surface area contributed by atoms with Crippen molar-refractivity contribution in [1.29, 1.82) is 0 Å². The summed E-state index contributed by atoms with van der Waals surface area (Å²) in [5, 5.41) is 17.2. The SMILES string of the molecule is CN[C@@H](C)C(=O)O[C@H]1CC(=O)N(C)c2cc(cc(OC)c2Cl)C/C(C)=C/C=C/[C@@H](OC)[C@@]2(O)C[C@H](OC(=O)N2)[C@@H](C)[C@@H]2O[C@H]21. The minimum absolute atomic E-state index is 0.00503. The van der Waals surface area contributed by atoms with Crippen molar-refractivity contribution >= 4 is 35.3 Å². The molecule has 242 valence electrons. The summed E-state index contributed by atoms with van der Waals surface area (Å²) in [5.41, 5.74) is 0.471. The number of alkyl carbamates (subject to hydrolysis) is 1. The van der Waals surface area contributed by atoms with Gasteiger partial charge < -0.3 is 39.0 Å². The topological polar surface area (TPSA) is 148 Å². The van der Waals surface area contributed by atoms with Crippen LogP contribution in [-0.4, -0.2) is 93.7 Å². The summed E-state index contributed by atoms with van der Waals surface area (Å²) in [6.45, 7) is 5.41. The van der Waals surface area contributed by atoms with Crippen molar-refractivity contribution in [3.63, 3.8) is 0 Å². The van der Waals surface area contributed by atoms with Gasteiger partial charge in [0.2, 0.25) is 5.91 Å². The number of nitrogens with one attached hydrogen (secondary N) is 2. The fourth-order valence-electron chi connectivity index (χ4n) is 5.60. The van der Waals surface area contributed by atoms with E-state index in [0.29, 0.717) is 17.9 Å². The number of nitrogens with zero attached hydrogens (tertiary/aromatic N) is 1. The number of fused-ring (bicyclic) bond motifs is 5. The summed E-state index contributed by atoms with van der Waals surface area (Å²) in [7, 11) is 6.18. The number of amides is 2. The maximum absolute atomic E-state index is 13.7. The zero-order valence-corrected chi connectivity index (χ0v) is 26.8. The molecule has 0 saturated carbocycles. The molecule has 13 heteroatoms. The Labute approximate surface area is 262 Å². The van der Waals surface area contributed by atoms with Crippen LogP contribution in [0.1, 0.15) is 39.2 Å². The minimum Gasteiger partial charge on any atom is -0.495 e. The van der Waals surface area contributed by atoms with Gasteiger partial charge in [-0.1, -0.05) is 42.3 Å². The van der Waals surface area contributed by atoms with Crippen LogP contribution in [0.15, 0.2) is 35.9 Å². The van der Waals surface area contributed by atoms with Crippen molar-refractivity contribution in [2.24, 2.45) is 5.92 Å². The Morgan fingerprint density at radius 2 is 2.00 bits per heavy atom. The molecule has 0 aromatic heterocycles. The first-order valence-electron chi connectivity index (χ1n) is 14.6. The highest BCUT2D eigenvalue weighted by atomic mass is 35.5. The molecule has 3 heterocycles. The van der Waals surface area contributed by atoms with E-state index in [4.69, 9.17) is 35.3 Å². The Balaban J connectivity index is 1.76. The number of rotatable bonds is 5. The van der Waals surface area contributed by atoms with Gasteiger partial charge in [0.25, 0.3) is 0 Å². The number of hydrogen-bond acceptors (Lipinski definition) is 10. The zero-order chi connectivity index (χ0) is 32.3. The predicted molar refractivity (Wildman–Crippen MR) is 163 cm³/mol. The minimum atomic E-state index is -1.76. The highest BCUT2D eigenvalue weighted by Crippen LogP contribution is 2.41. The number of carbonyl (C=O) groups excluding carboxylic acids is 3. The molecule has 1 aromatic carbocycles. The van der Waals surface area contributed by atoms with Crippen molar-refractivity contribution in [2.45, 2.75) is 82.3 Å². The molecule has 3 aliphatic heterocycles. The van der Waals surface area contributed by atoms with E-state index in [1.54, 1.807) is 39.2 Å². The number of methoxy groups -OCH3 is 2. The average Bonchev–Trinajstić information content (AvgIpc) is 3.78. The Morgan fingerprint density at radius 1 is 1.27 bits per heavy atom. The van der Waals surface area contributed by atoms with E-state index in [1.165, 1.54) is 19.1 Å². The molecular weight excluding hydrogens is 594 g/mol. The molecule has 0 spiro atoms. The number of aliphatic hydroxyl groups is 1. The fourth-order valence-corrected chi connectivity index (χ4v) is 5.91. The van der Waals surface area contributed by atoms with Crippen LogP contribution in [0.3, 0.4) is 0 Å². The van der Waals surface area contributed by atoms with Crippen molar-refractivity contribution in [1.82, 2.24) is 10.6 Å². The van der Waals surface area contributed by atoms with Crippen LogP contribution < -0.4 is 20.3 Å². The van der Waals surface area contributed by atoms with Gasteiger partial charge in [-0.25, -0.2) is 4.79 Å². The predicted octanol–water partition coefficient (Wildman–Crippen LogP) is 2.89. The number of hydrogen-bond donors (Lipinski definition) is 3. The van der Waals surface area contributed by atoms with Gasteiger partial charge in [-0.3, -0.25) is 14.9 Å². The molecule has 3 aliphatic rings. The van der Waals surface area contributed by atoms with Gasteiger partial charge in [0.15, 0.2) is 5.72 Å². The number of allylic oxidation sites excluding steroid dienone is 3. The monoisotopic (exact) mass is 635 g/mol. The first-order chi connectivity index (χ1) is 20.8. The average molecular weight is 636 g/mol. The van der Waals surface area contributed by atoms with Gasteiger partial charge >= 0.3 is 12.1 Å². The molecule has 12 nitrogen and oxygen atoms in total. The summed E-state index contributed by atoms with van der Waals surface area (Å²) in [6, 6.07) is 3.00. The lowest BCUT2D eigenvalue weighted by Crippen LogP contribution is -2.63. The van der Waals surface area contributed by atoms with Gasteiger partial charge in [-0.05, 0) is 45.0 Å². The summed E-state index contributed by atoms with van der Waals surface area (Å²) < 4.78 is 28.5. The molecule has 4 rings (SSSR count). The van der Waals surface area contributed by atoms with E-state index >= 15 is 0 Å². The summed E-state index contributed by atoms with van der Waals surface area (Å²) in [4.78, 5) is 40.6. The van der Waals surface area contributed by atoms with E-state index in [0.717, 1.165) is 11.1 Å². The maximum atomic E-state index is 13.7. The molecule has 2 saturated heterocycles. The van der Waals surface area contributed by atoms with E-state index in [-0.39, 0.29) is 23.8 Å². The van der Waals surface area contributed by atoms with Crippen LogP contribution in [0.5, 0.6) is 5.75 Å². The number of carbonyl (C=O) groups is 3. The molecule has 0 unspecified atom stereocenters. The Hall–Kier alpha value is -3.16. The number of epoxide rings is 1. The van der Waals surface area contributed by atoms with Gasteiger partial charge in [-0.15, -0.1) is 0 Å². The van der Waals surface area contributed by atoms with Crippen molar-refractivity contribution < 1.29 is 43.2 Å². The third-order valence-corrected chi connectivity index (χ3v) is 8.84. The normalized spacial score (nSPS) is 33.6. The van der Waals surface area contributed by atoms with Crippen molar-refractivity contribution in [3.05, 3.63) is 46.5 Å². The molecule has 4 bridgehead atoms. The molecule has 2 fully saturated rings. The van der Waals surface area contributed by atoms with Crippen LogP contribution in [0.4, 0.5) is 10.5 Å². The molecule has 0 radical (unpaired) electrons. The van der Waals surface area contributed by atoms with E-state index < -0.39 is 60.3 Å². The van der Waals surface area contributed by atoms with Crippen molar-refractivity contribution in [3.8, 4) is 5.75 Å². The number of ether oxygens (including phenoxy) is 5. The zero-order valence-electron chi connectivity index (χ0n) is 26.1. The summed E-state index contributed by atoms with van der Waals surface area (Å²) in [5.74, 6) is -0.923. The molecule has 44 heavy (non-hydrogen) atoms. The first kappa shape index (κ1) is 33.7. The van der Waals surface area contributed by atoms with Crippen LogP contribution in [0.2, 0.25) is 5.02 Å². The van der Waals surface area contributed by atoms with E-state index in [2.05, 4.69) is 10.6 Å². The lowest BCUT2D eigenvalue weighted by molar-refractivity contribution is -0.153. The van der Waals surface area contributed by atoms with Gasteiger partial charge in [-0.2, -0.15) is 0 Å². The van der Waals surface area contributed by atoms with Crippen molar-refractivity contribution in [2.75, 3.05) is 33.2 Å². The highest BCUT2D eigenvalue weighted by Gasteiger charge is 2.56. The number of anilines is 1. The van der Waals surface area contributed by atoms with Gasteiger partial charge in [0, 0.05) is 26.5 Å². The van der Waals surface area contributed by atoms with Crippen LogP contribution in [0.25, 0.3) is 0 Å². The lowest BCUT2D eigenvalue weighted by atomic mass is 9.87. The van der Waals surface area contributed by atoms with Crippen LogP contribution in [-0.2, 0) is 35.0 Å². The Kier molecular flexibility index (Phi) is 10.6. The largest absolute Gasteiger partial charge is 0.495 e. The first-order valence-corrected chi connectivity index (χ1v) is 14.9. The number of benzene rings is 1. The summed E-state index contributed by atoms with van der Waals surface area (Å²) in [6.07, 6.45) is 1.04. The van der Waals surface area contributed by atoms with E-state index in [1.807, 2.05) is 26.0 Å². The molecule has 3 N–H and O–H groups in total. The molecule has 2 amide bonds. The number of esters is 1. The second-order valence-electron chi connectivity index (χ2n) is 11.6. The van der Waals surface area contributed by atoms with Gasteiger partial charge in [0.1, 0.15) is 41.2 Å². The molecule has 8 atom stereocenters. The Bertz CT molecular complexity index is 1320. The van der Waals surface area contributed by atoms with Crippen LogP contribution in [0, 0.1) is 5.92 Å². The van der Waals surface area contributed by atoms with Crippen LogP contribution >= 0.6 is 11.6 Å². The van der Waals surface area contributed by atoms with E-state index in [9.17, 15) is 19.5 Å².